The van der Waals surface area contributed by atoms with E-state index in [1.165, 1.54) is 11.1 Å². The number of benzene rings is 2. The van der Waals surface area contributed by atoms with Crippen LogP contribution in [0.3, 0.4) is 0 Å². The highest BCUT2D eigenvalue weighted by Crippen LogP contribution is 2.21. The van der Waals surface area contributed by atoms with Crippen molar-refractivity contribution in [1.82, 2.24) is 0 Å². The number of aryl methyl sites for hydroxylation is 1. The molecule has 0 heterocycles. The largest absolute Gasteiger partial charge is 0.365 e. The molecule has 3 heteroatoms. The Morgan fingerprint density at radius 3 is 2.45 bits per heavy atom. The van der Waals surface area contributed by atoms with Gasteiger partial charge < -0.3 is 10.2 Å². The third kappa shape index (κ3) is 3.38. The Hall–Kier alpha value is -2.29. The van der Waals surface area contributed by atoms with E-state index in [1.807, 2.05) is 54.4 Å². The molecule has 0 fully saturated rings. The van der Waals surface area contributed by atoms with Crippen molar-refractivity contribution in [3.05, 3.63) is 59.7 Å². The van der Waals surface area contributed by atoms with Crippen LogP contribution in [0.2, 0.25) is 0 Å². The van der Waals surface area contributed by atoms with Crippen LogP contribution in [0.5, 0.6) is 0 Å². The molecule has 0 unspecified atom stereocenters. The van der Waals surface area contributed by atoms with Gasteiger partial charge in [-0.1, -0.05) is 30.3 Å². The van der Waals surface area contributed by atoms with Crippen LogP contribution in [0.1, 0.15) is 11.1 Å². The van der Waals surface area contributed by atoms with Crippen molar-refractivity contribution in [2.75, 3.05) is 23.8 Å². The van der Waals surface area contributed by atoms with Crippen molar-refractivity contribution in [2.45, 2.75) is 13.8 Å². The molecule has 0 aliphatic carbocycles. The monoisotopic (exact) mass is 268 g/mol. The number of hydrogen-bond donors (Lipinski definition) is 1. The topological polar surface area (TPSA) is 32.3 Å². The number of anilines is 2. The van der Waals surface area contributed by atoms with Gasteiger partial charge in [-0.2, -0.15) is 0 Å². The van der Waals surface area contributed by atoms with Gasteiger partial charge in [0.25, 0.3) is 0 Å². The third-order valence-corrected chi connectivity index (χ3v) is 3.43. The van der Waals surface area contributed by atoms with E-state index in [9.17, 15) is 4.79 Å². The van der Waals surface area contributed by atoms with Crippen LogP contribution in [0, 0.1) is 13.8 Å². The first-order chi connectivity index (χ1) is 9.58. The summed E-state index contributed by atoms with van der Waals surface area (Å²) in [6.07, 6.45) is 0. The molecule has 2 aromatic rings. The minimum absolute atomic E-state index is 0.0143. The lowest BCUT2D eigenvalue weighted by molar-refractivity contribution is -0.114. The molecule has 1 amide bonds. The molecule has 0 atom stereocenters. The maximum absolute atomic E-state index is 12.0. The molecule has 0 bridgehead atoms. The van der Waals surface area contributed by atoms with E-state index in [0.717, 1.165) is 11.4 Å². The summed E-state index contributed by atoms with van der Waals surface area (Å²) in [4.78, 5) is 14.0. The number of carbonyl (C=O) groups is 1. The zero-order valence-electron chi connectivity index (χ0n) is 12.2. The van der Waals surface area contributed by atoms with Crippen molar-refractivity contribution >= 4 is 17.3 Å². The molecule has 0 aliphatic heterocycles. The molecular weight excluding hydrogens is 248 g/mol. The Morgan fingerprint density at radius 2 is 1.75 bits per heavy atom. The van der Waals surface area contributed by atoms with Gasteiger partial charge in [-0.05, 0) is 43.2 Å². The molecule has 0 aliphatic rings. The van der Waals surface area contributed by atoms with Gasteiger partial charge >= 0.3 is 0 Å². The van der Waals surface area contributed by atoms with E-state index in [0.29, 0.717) is 6.54 Å². The highest BCUT2D eigenvalue weighted by molar-refractivity contribution is 5.94. The average molecular weight is 268 g/mol. The Kier molecular flexibility index (Phi) is 4.41. The summed E-state index contributed by atoms with van der Waals surface area (Å²) in [6.45, 7) is 4.49. The first kappa shape index (κ1) is 14.1. The number of amides is 1. The Morgan fingerprint density at radius 1 is 1.05 bits per heavy atom. The summed E-state index contributed by atoms with van der Waals surface area (Å²) in [5, 5.41) is 2.90. The second-order valence-electron chi connectivity index (χ2n) is 4.99. The van der Waals surface area contributed by atoms with Crippen molar-refractivity contribution in [3.63, 3.8) is 0 Å². The molecular formula is C17H20N2O. The lowest BCUT2D eigenvalue weighted by Crippen LogP contribution is -2.30. The maximum Gasteiger partial charge on any atom is 0.243 e. The van der Waals surface area contributed by atoms with Gasteiger partial charge in [-0.3, -0.25) is 4.79 Å². The quantitative estimate of drug-likeness (QED) is 0.922. The minimum Gasteiger partial charge on any atom is -0.365 e. The van der Waals surface area contributed by atoms with Crippen LogP contribution < -0.4 is 10.2 Å². The van der Waals surface area contributed by atoms with Crippen molar-refractivity contribution < 1.29 is 4.79 Å². The van der Waals surface area contributed by atoms with E-state index < -0.39 is 0 Å². The fourth-order valence-electron chi connectivity index (χ4n) is 2.17. The fraction of sp³-hybridized carbons (Fsp3) is 0.235. The van der Waals surface area contributed by atoms with Gasteiger partial charge in [-0.15, -0.1) is 0 Å². The van der Waals surface area contributed by atoms with Crippen LogP contribution >= 0.6 is 0 Å². The van der Waals surface area contributed by atoms with Crippen LogP contribution in [-0.2, 0) is 4.79 Å². The first-order valence-electron chi connectivity index (χ1n) is 6.70. The van der Waals surface area contributed by atoms with Gasteiger partial charge in [-0.25, -0.2) is 0 Å². The molecule has 0 aromatic heterocycles. The van der Waals surface area contributed by atoms with Crippen LogP contribution in [-0.4, -0.2) is 19.5 Å². The summed E-state index contributed by atoms with van der Waals surface area (Å²) < 4.78 is 0. The van der Waals surface area contributed by atoms with Gasteiger partial charge in [0.1, 0.15) is 0 Å². The normalized spacial score (nSPS) is 10.2. The zero-order valence-corrected chi connectivity index (χ0v) is 12.2. The van der Waals surface area contributed by atoms with Gasteiger partial charge in [0.15, 0.2) is 0 Å². The highest BCUT2D eigenvalue weighted by atomic mass is 16.2. The van der Waals surface area contributed by atoms with Crippen LogP contribution in [0.15, 0.2) is 48.5 Å². The number of rotatable bonds is 4. The van der Waals surface area contributed by atoms with E-state index in [-0.39, 0.29) is 5.91 Å². The second kappa shape index (κ2) is 6.24. The molecule has 2 rings (SSSR count). The summed E-state index contributed by atoms with van der Waals surface area (Å²) in [5.74, 6) is -0.0143. The SMILES string of the molecule is Cc1cccc(N(C)CC(=O)Nc2ccccc2)c1C. The number of likely N-dealkylation sites (N-methyl/N-ethyl adjacent to an activating group) is 1. The smallest absolute Gasteiger partial charge is 0.243 e. The Balaban J connectivity index is 2.02. The number of nitrogens with one attached hydrogen (secondary N) is 1. The summed E-state index contributed by atoms with van der Waals surface area (Å²) in [6, 6.07) is 15.6. The van der Waals surface area contributed by atoms with Gasteiger partial charge in [0.2, 0.25) is 5.91 Å². The standard InChI is InChI=1S/C17H20N2O/c1-13-8-7-11-16(14(13)2)19(3)12-17(20)18-15-9-5-4-6-10-15/h4-11H,12H2,1-3H3,(H,18,20). The van der Waals surface area contributed by atoms with E-state index in [2.05, 4.69) is 25.2 Å². The van der Waals surface area contributed by atoms with Crippen LogP contribution in [0.4, 0.5) is 11.4 Å². The predicted molar refractivity (Wildman–Crippen MR) is 84.3 cm³/mol. The molecule has 20 heavy (non-hydrogen) atoms. The van der Waals surface area contributed by atoms with Crippen LogP contribution in [0.25, 0.3) is 0 Å². The summed E-state index contributed by atoms with van der Waals surface area (Å²) in [7, 11) is 1.94. The molecule has 3 nitrogen and oxygen atoms in total. The maximum atomic E-state index is 12.0. The lowest BCUT2D eigenvalue weighted by atomic mass is 10.1. The Bertz CT molecular complexity index is 593. The van der Waals surface area contributed by atoms with E-state index in [4.69, 9.17) is 0 Å². The number of nitrogens with zero attached hydrogens (tertiary/aromatic N) is 1. The molecule has 0 radical (unpaired) electrons. The number of carbonyl (C=O) groups excluding carboxylic acids is 1. The molecule has 1 N–H and O–H groups in total. The zero-order chi connectivity index (χ0) is 14.5. The van der Waals surface area contributed by atoms with Crippen molar-refractivity contribution in [3.8, 4) is 0 Å². The molecule has 0 spiro atoms. The van der Waals surface area contributed by atoms with Gasteiger partial charge in [0, 0.05) is 18.4 Å². The molecule has 0 saturated carbocycles. The number of para-hydroxylation sites is 1. The summed E-state index contributed by atoms with van der Waals surface area (Å²) >= 11 is 0. The molecule has 0 saturated heterocycles. The summed E-state index contributed by atoms with van der Waals surface area (Å²) in [5.41, 5.74) is 4.36. The molecule has 2 aromatic carbocycles. The van der Waals surface area contributed by atoms with E-state index in [1.54, 1.807) is 0 Å². The molecule has 104 valence electrons. The highest BCUT2D eigenvalue weighted by Gasteiger charge is 2.10. The average Bonchev–Trinajstić information content (AvgIpc) is 2.42. The van der Waals surface area contributed by atoms with E-state index >= 15 is 0 Å². The van der Waals surface area contributed by atoms with Crippen molar-refractivity contribution in [2.24, 2.45) is 0 Å². The fourth-order valence-corrected chi connectivity index (χ4v) is 2.17. The predicted octanol–water partition coefficient (Wildman–Crippen LogP) is 3.38. The first-order valence-corrected chi connectivity index (χ1v) is 6.70. The van der Waals surface area contributed by atoms with Gasteiger partial charge in [0.05, 0.1) is 6.54 Å². The second-order valence-corrected chi connectivity index (χ2v) is 4.99. The minimum atomic E-state index is -0.0143. The van der Waals surface area contributed by atoms with Crippen molar-refractivity contribution in [1.29, 1.82) is 0 Å². The Labute approximate surface area is 120 Å². The third-order valence-electron chi connectivity index (χ3n) is 3.43. The lowest BCUT2D eigenvalue weighted by Gasteiger charge is -2.21. The number of hydrogen-bond acceptors (Lipinski definition) is 2.